The molecule has 0 fully saturated rings. The van der Waals surface area contributed by atoms with E-state index in [4.69, 9.17) is 0 Å². The molecule has 2 aromatic carbocycles. The van der Waals surface area contributed by atoms with Gasteiger partial charge in [-0.2, -0.15) is 0 Å². The molecular weight excluding hydrogens is 236 g/mol. The summed E-state index contributed by atoms with van der Waals surface area (Å²) in [4.78, 5) is 0. The van der Waals surface area contributed by atoms with E-state index in [2.05, 4.69) is 13.0 Å². The van der Waals surface area contributed by atoms with Crippen LogP contribution in [0.5, 0.6) is 11.5 Å². The highest BCUT2D eigenvalue weighted by molar-refractivity contribution is 5.76. The minimum absolute atomic E-state index is 0.0271. The highest BCUT2D eigenvalue weighted by Crippen LogP contribution is 2.39. The molecule has 0 unspecified atom stereocenters. The summed E-state index contributed by atoms with van der Waals surface area (Å²) < 4.78 is 0. The van der Waals surface area contributed by atoms with E-state index in [-0.39, 0.29) is 11.5 Å². The molecule has 0 heterocycles. The van der Waals surface area contributed by atoms with Gasteiger partial charge in [0.25, 0.3) is 0 Å². The Morgan fingerprint density at radius 3 is 2.37 bits per heavy atom. The van der Waals surface area contributed by atoms with Gasteiger partial charge in [0.05, 0.1) is 0 Å². The van der Waals surface area contributed by atoms with Gasteiger partial charge in [0, 0.05) is 5.56 Å². The van der Waals surface area contributed by atoms with Crippen LogP contribution < -0.4 is 0 Å². The third kappa shape index (κ3) is 2.73. The number of aryl methyl sites for hydroxylation is 2. The van der Waals surface area contributed by atoms with E-state index in [0.29, 0.717) is 0 Å². The molecule has 0 saturated heterocycles. The van der Waals surface area contributed by atoms with Crippen LogP contribution in [0.25, 0.3) is 11.1 Å². The van der Waals surface area contributed by atoms with Crippen molar-refractivity contribution < 1.29 is 10.2 Å². The van der Waals surface area contributed by atoms with Crippen molar-refractivity contribution in [3.05, 3.63) is 47.5 Å². The van der Waals surface area contributed by atoms with Crippen LogP contribution in [0.2, 0.25) is 0 Å². The number of aromatic hydroxyl groups is 2. The number of hydrogen-bond acceptors (Lipinski definition) is 2. The van der Waals surface area contributed by atoms with Gasteiger partial charge in [0.1, 0.15) is 0 Å². The molecule has 2 nitrogen and oxygen atoms in total. The summed E-state index contributed by atoms with van der Waals surface area (Å²) in [7, 11) is 0. The lowest BCUT2D eigenvalue weighted by Crippen LogP contribution is -1.91. The van der Waals surface area contributed by atoms with Gasteiger partial charge in [-0.1, -0.05) is 44.5 Å². The number of phenolic OH excluding ortho intramolecular Hbond substituents is 2. The molecule has 0 radical (unpaired) electrons. The molecule has 100 valence electrons. The van der Waals surface area contributed by atoms with Crippen LogP contribution in [0.15, 0.2) is 36.4 Å². The highest BCUT2D eigenvalue weighted by atomic mass is 16.3. The molecular formula is C17H20O2. The second kappa shape index (κ2) is 5.79. The molecule has 0 aliphatic carbocycles. The third-order valence-corrected chi connectivity index (χ3v) is 3.38. The van der Waals surface area contributed by atoms with Gasteiger partial charge in [-0.05, 0) is 41.7 Å². The van der Waals surface area contributed by atoms with Crippen LogP contribution in [0.3, 0.4) is 0 Å². The second-order valence-corrected chi connectivity index (χ2v) is 4.77. The summed E-state index contributed by atoms with van der Waals surface area (Å²) >= 11 is 0. The van der Waals surface area contributed by atoms with Gasteiger partial charge in [0.15, 0.2) is 11.5 Å². The predicted octanol–water partition coefficient (Wildman–Crippen LogP) is 4.28. The molecule has 2 rings (SSSR count). The molecule has 0 atom stereocenters. The lowest BCUT2D eigenvalue weighted by molar-refractivity contribution is 0.404. The van der Waals surface area contributed by atoms with Crippen molar-refractivity contribution in [3.8, 4) is 22.6 Å². The van der Waals surface area contributed by atoms with Crippen molar-refractivity contribution in [2.24, 2.45) is 0 Å². The van der Waals surface area contributed by atoms with Crippen molar-refractivity contribution in [1.82, 2.24) is 0 Å². The molecule has 0 spiro atoms. The lowest BCUT2D eigenvalue weighted by atomic mass is 9.94. The Morgan fingerprint density at radius 2 is 1.68 bits per heavy atom. The molecule has 2 heteroatoms. The number of rotatable bonds is 4. The summed E-state index contributed by atoms with van der Waals surface area (Å²) in [6.45, 7) is 4.17. The van der Waals surface area contributed by atoms with Crippen molar-refractivity contribution in [2.75, 3.05) is 0 Å². The molecule has 2 aromatic rings. The predicted molar refractivity (Wildman–Crippen MR) is 78.6 cm³/mol. The first-order valence-electron chi connectivity index (χ1n) is 6.80. The van der Waals surface area contributed by atoms with Gasteiger partial charge < -0.3 is 10.2 Å². The van der Waals surface area contributed by atoms with Crippen LogP contribution >= 0.6 is 0 Å². The quantitative estimate of drug-likeness (QED) is 0.801. The molecule has 19 heavy (non-hydrogen) atoms. The number of hydrogen-bond donors (Lipinski definition) is 2. The molecule has 0 amide bonds. The Bertz CT molecular complexity index is 573. The van der Waals surface area contributed by atoms with Gasteiger partial charge in [-0.25, -0.2) is 0 Å². The second-order valence-electron chi connectivity index (χ2n) is 4.77. The fraction of sp³-hybridized carbons (Fsp3) is 0.294. The first kappa shape index (κ1) is 13.5. The Labute approximate surface area is 114 Å². The van der Waals surface area contributed by atoms with Gasteiger partial charge in [0.2, 0.25) is 0 Å². The Balaban J connectivity index is 2.61. The lowest BCUT2D eigenvalue weighted by Gasteiger charge is -2.13. The first-order valence-corrected chi connectivity index (χ1v) is 6.80. The van der Waals surface area contributed by atoms with E-state index in [9.17, 15) is 10.2 Å². The Kier molecular flexibility index (Phi) is 4.10. The fourth-order valence-corrected chi connectivity index (χ4v) is 2.36. The average molecular weight is 256 g/mol. The van der Waals surface area contributed by atoms with Crippen LogP contribution in [-0.2, 0) is 12.8 Å². The highest BCUT2D eigenvalue weighted by Gasteiger charge is 2.13. The van der Waals surface area contributed by atoms with Crippen molar-refractivity contribution in [2.45, 2.75) is 33.1 Å². The van der Waals surface area contributed by atoms with E-state index in [0.717, 1.165) is 36.0 Å². The van der Waals surface area contributed by atoms with E-state index in [1.165, 1.54) is 5.56 Å². The van der Waals surface area contributed by atoms with E-state index in [1.54, 1.807) is 6.07 Å². The summed E-state index contributed by atoms with van der Waals surface area (Å²) in [5.74, 6) is -0.0681. The third-order valence-electron chi connectivity index (χ3n) is 3.38. The van der Waals surface area contributed by atoms with Gasteiger partial charge in [-0.3, -0.25) is 0 Å². The van der Waals surface area contributed by atoms with Crippen LogP contribution in [0, 0.1) is 0 Å². The molecule has 0 saturated carbocycles. The smallest absolute Gasteiger partial charge is 0.165 e. The maximum Gasteiger partial charge on any atom is 0.165 e. The van der Waals surface area contributed by atoms with E-state index < -0.39 is 0 Å². The zero-order valence-corrected chi connectivity index (χ0v) is 11.5. The van der Waals surface area contributed by atoms with Crippen molar-refractivity contribution >= 4 is 0 Å². The maximum absolute atomic E-state index is 10.1. The fourth-order valence-electron chi connectivity index (χ4n) is 2.36. The molecule has 0 aromatic heterocycles. The van der Waals surface area contributed by atoms with Gasteiger partial charge >= 0.3 is 0 Å². The van der Waals surface area contributed by atoms with E-state index >= 15 is 0 Å². The molecule has 0 aliphatic heterocycles. The normalized spacial score (nSPS) is 10.6. The summed E-state index contributed by atoms with van der Waals surface area (Å²) in [6.07, 6.45) is 2.85. The van der Waals surface area contributed by atoms with Gasteiger partial charge in [-0.15, -0.1) is 0 Å². The maximum atomic E-state index is 10.1. The standard InChI is InChI=1S/C17H20O2/c1-3-7-13-8-5-6-9-14(13)15-10-12(4-2)11-16(18)17(15)19/h5-6,8-11,18-19H,3-4,7H2,1-2H3. The molecule has 0 aliphatic rings. The monoisotopic (exact) mass is 256 g/mol. The average Bonchev–Trinajstić information content (AvgIpc) is 2.43. The number of phenols is 2. The zero-order valence-electron chi connectivity index (χ0n) is 11.5. The number of benzene rings is 2. The van der Waals surface area contributed by atoms with Crippen LogP contribution in [0.4, 0.5) is 0 Å². The Morgan fingerprint density at radius 1 is 0.947 bits per heavy atom. The Hall–Kier alpha value is -1.96. The summed E-state index contributed by atoms with van der Waals surface area (Å²) in [6, 6.07) is 11.6. The topological polar surface area (TPSA) is 40.5 Å². The largest absolute Gasteiger partial charge is 0.504 e. The zero-order chi connectivity index (χ0) is 13.8. The van der Waals surface area contributed by atoms with E-state index in [1.807, 2.05) is 31.2 Å². The minimum atomic E-state index is -0.0411. The summed E-state index contributed by atoms with van der Waals surface area (Å²) in [5, 5.41) is 20.0. The van der Waals surface area contributed by atoms with Crippen LogP contribution in [-0.4, -0.2) is 10.2 Å². The SMILES string of the molecule is CCCc1ccccc1-c1cc(CC)cc(O)c1O. The summed E-state index contributed by atoms with van der Waals surface area (Å²) in [5.41, 5.74) is 3.96. The van der Waals surface area contributed by atoms with Crippen LogP contribution in [0.1, 0.15) is 31.4 Å². The molecule has 2 N–H and O–H groups in total. The van der Waals surface area contributed by atoms with Crippen molar-refractivity contribution in [1.29, 1.82) is 0 Å². The molecule has 0 bridgehead atoms. The first-order chi connectivity index (χ1) is 9.17. The van der Waals surface area contributed by atoms with Crippen molar-refractivity contribution in [3.63, 3.8) is 0 Å². The minimum Gasteiger partial charge on any atom is -0.504 e.